The Hall–Kier alpha value is -0.910. The van der Waals surface area contributed by atoms with Gasteiger partial charge < -0.3 is 18.5 Å². The maximum Gasteiger partial charge on any atom is 0.345 e. The molecule has 22 heavy (non-hydrogen) atoms. The Morgan fingerprint density at radius 2 is 1.50 bits per heavy atom. The molecule has 0 rings (SSSR count). The number of ether oxygens (including phenoxy) is 2. The molecule has 0 aromatic heterocycles. The molecule has 0 aromatic rings. The Bertz CT molecular complexity index is 404. The average molecular weight is 338 g/mol. The third-order valence-corrected chi connectivity index (χ3v) is 4.73. The molecular formula is C14H27O7P. The molecule has 0 spiro atoms. The van der Waals surface area contributed by atoms with Crippen LogP contribution < -0.4 is 0 Å². The fourth-order valence-electron chi connectivity index (χ4n) is 1.68. The van der Waals surface area contributed by atoms with Gasteiger partial charge >= 0.3 is 19.5 Å². The second kappa shape index (κ2) is 9.28. The van der Waals surface area contributed by atoms with Crippen molar-refractivity contribution < 1.29 is 32.7 Å². The molecule has 0 aliphatic rings. The van der Waals surface area contributed by atoms with Gasteiger partial charge in [0.1, 0.15) is 5.60 Å². The highest BCUT2D eigenvalue weighted by molar-refractivity contribution is 7.55. The maximum atomic E-state index is 12.8. The van der Waals surface area contributed by atoms with Crippen LogP contribution in [-0.4, -0.2) is 43.0 Å². The summed E-state index contributed by atoms with van der Waals surface area (Å²) in [4.78, 5) is 24.0. The second-order valence-corrected chi connectivity index (χ2v) is 7.65. The van der Waals surface area contributed by atoms with Gasteiger partial charge in [-0.3, -0.25) is 14.2 Å². The van der Waals surface area contributed by atoms with Crippen LogP contribution in [0.1, 0.15) is 48.0 Å². The molecule has 0 saturated carbocycles. The standard InChI is InChI=1S/C14H27O7P/c1-7-18-13(16)11(10-12(15)21-14(4,5)6)22(17,19-8-2)20-9-3/h11H,7-10H2,1-6H3/t11-/m0/s1. The average Bonchev–Trinajstić information content (AvgIpc) is 2.34. The van der Waals surface area contributed by atoms with Crippen LogP contribution in [0.15, 0.2) is 0 Å². The van der Waals surface area contributed by atoms with Gasteiger partial charge in [-0.25, -0.2) is 0 Å². The van der Waals surface area contributed by atoms with Crippen molar-refractivity contribution in [2.45, 2.75) is 59.2 Å². The molecular weight excluding hydrogens is 311 g/mol. The van der Waals surface area contributed by atoms with E-state index in [2.05, 4.69) is 0 Å². The highest BCUT2D eigenvalue weighted by atomic mass is 31.2. The molecule has 7 nitrogen and oxygen atoms in total. The van der Waals surface area contributed by atoms with E-state index in [0.29, 0.717) is 0 Å². The summed E-state index contributed by atoms with van der Waals surface area (Å²) in [5.41, 5.74) is -2.04. The number of rotatable bonds is 9. The van der Waals surface area contributed by atoms with Crippen molar-refractivity contribution in [2.75, 3.05) is 19.8 Å². The zero-order valence-electron chi connectivity index (χ0n) is 14.2. The first kappa shape index (κ1) is 21.1. The summed E-state index contributed by atoms with van der Waals surface area (Å²) in [6, 6.07) is 0. The molecule has 0 unspecified atom stereocenters. The van der Waals surface area contributed by atoms with E-state index in [0.717, 1.165) is 0 Å². The Kier molecular flexibility index (Phi) is 8.89. The van der Waals surface area contributed by atoms with Crippen LogP contribution in [0.2, 0.25) is 0 Å². The van der Waals surface area contributed by atoms with Gasteiger partial charge in [-0.1, -0.05) is 0 Å². The van der Waals surface area contributed by atoms with Gasteiger partial charge in [-0.05, 0) is 41.5 Å². The van der Waals surface area contributed by atoms with Crippen molar-refractivity contribution >= 4 is 19.5 Å². The fourth-order valence-corrected chi connectivity index (χ4v) is 3.54. The molecule has 1 atom stereocenters. The first-order valence-electron chi connectivity index (χ1n) is 7.36. The van der Waals surface area contributed by atoms with Gasteiger partial charge in [0.25, 0.3) is 0 Å². The topological polar surface area (TPSA) is 88.1 Å². The van der Waals surface area contributed by atoms with Gasteiger partial charge in [0.15, 0.2) is 5.66 Å². The summed E-state index contributed by atoms with van der Waals surface area (Å²) in [5.74, 6) is -1.45. The van der Waals surface area contributed by atoms with Crippen LogP contribution in [0.5, 0.6) is 0 Å². The van der Waals surface area contributed by atoms with Gasteiger partial charge in [0.2, 0.25) is 0 Å². The normalized spacial score (nSPS) is 13.5. The van der Waals surface area contributed by atoms with Crippen molar-refractivity contribution in [1.29, 1.82) is 0 Å². The van der Waals surface area contributed by atoms with E-state index < -0.39 is 37.2 Å². The van der Waals surface area contributed by atoms with Gasteiger partial charge in [0, 0.05) is 0 Å². The van der Waals surface area contributed by atoms with E-state index in [4.69, 9.17) is 18.5 Å². The molecule has 0 amide bonds. The Morgan fingerprint density at radius 3 is 1.86 bits per heavy atom. The highest BCUT2D eigenvalue weighted by Gasteiger charge is 2.44. The van der Waals surface area contributed by atoms with Crippen molar-refractivity contribution in [1.82, 2.24) is 0 Å². The number of carbonyl (C=O) groups is 2. The highest BCUT2D eigenvalue weighted by Crippen LogP contribution is 2.54. The molecule has 0 heterocycles. The van der Waals surface area contributed by atoms with Crippen LogP contribution >= 0.6 is 7.60 Å². The number of hydrogen-bond donors (Lipinski definition) is 0. The predicted octanol–water partition coefficient (Wildman–Crippen LogP) is 2.92. The van der Waals surface area contributed by atoms with Crippen LogP contribution in [0.25, 0.3) is 0 Å². The molecule has 130 valence electrons. The maximum absolute atomic E-state index is 12.8. The molecule has 0 bridgehead atoms. The van der Waals surface area contributed by atoms with Crippen molar-refractivity contribution in [3.8, 4) is 0 Å². The number of carbonyl (C=O) groups excluding carboxylic acids is 2. The molecule has 0 fully saturated rings. The van der Waals surface area contributed by atoms with Crippen molar-refractivity contribution in [3.63, 3.8) is 0 Å². The molecule has 0 saturated heterocycles. The Morgan fingerprint density at radius 1 is 1.00 bits per heavy atom. The molecule has 0 aromatic carbocycles. The van der Waals surface area contributed by atoms with E-state index in [1.54, 1.807) is 41.5 Å². The molecule has 0 aliphatic carbocycles. The molecule has 0 aliphatic heterocycles. The smallest absolute Gasteiger partial charge is 0.345 e. The second-order valence-electron chi connectivity index (χ2n) is 5.43. The summed E-state index contributed by atoms with van der Waals surface area (Å²) in [6.45, 7) is 10.3. The summed E-state index contributed by atoms with van der Waals surface area (Å²) in [5, 5.41) is 0. The summed E-state index contributed by atoms with van der Waals surface area (Å²) < 4.78 is 33.2. The number of hydrogen-bond acceptors (Lipinski definition) is 7. The van der Waals surface area contributed by atoms with E-state index in [1.165, 1.54) is 0 Å². The lowest BCUT2D eigenvalue weighted by Crippen LogP contribution is -2.32. The lowest BCUT2D eigenvalue weighted by Gasteiger charge is -2.26. The van der Waals surface area contributed by atoms with Crippen LogP contribution in [0.3, 0.4) is 0 Å². The Balaban J connectivity index is 5.30. The monoisotopic (exact) mass is 338 g/mol. The third-order valence-electron chi connectivity index (χ3n) is 2.34. The largest absolute Gasteiger partial charge is 0.465 e. The van der Waals surface area contributed by atoms with Gasteiger partial charge in [-0.15, -0.1) is 0 Å². The minimum Gasteiger partial charge on any atom is -0.465 e. The lowest BCUT2D eigenvalue weighted by atomic mass is 10.2. The SMILES string of the molecule is CCOC(=O)[C@H](CC(=O)OC(C)(C)C)P(=O)(OCC)OCC. The molecule has 0 radical (unpaired) electrons. The molecule has 8 heteroatoms. The van der Waals surface area contributed by atoms with Gasteiger partial charge in [0.05, 0.1) is 26.2 Å². The van der Waals surface area contributed by atoms with E-state index in [9.17, 15) is 14.2 Å². The third kappa shape index (κ3) is 7.38. The van der Waals surface area contributed by atoms with Crippen molar-refractivity contribution in [2.24, 2.45) is 0 Å². The number of esters is 2. The fraction of sp³-hybridized carbons (Fsp3) is 0.857. The van der Waals surface area contributed by atoms with Gasteiger partial charge in [-0.2, -0.15) is 0 Å². The van der Waals surface area contributed by atoms with E-state index in [1.807, 2.05) is 0 Å². The zero-order chi connectivity index (χ0) is 17.4. The summed E-state index contributed by atoms with van der Waals surface area (Å²) >= 11 is 0. The van der Waals surface area contributed by atoms with Crippen LogP contribution in [0.4, 0.5) is 0 Å². The quantitative estimate of drug-likeness (QED) is 0.472. The van der Waals surface area contributed by atoms with Crippen molar-refractivity contribution in [3.05, 3.63) is 0 Å². The molecule has 0 N–H and O–H groups in total. The lowest BCUT2D eigenvalue weighted by molar-refractivity contribution is -0.158. The minimum atomic E-state index is -3.81. The summed E-state index contributed by atoms with van der Waals surface area (Å²) in [6.07, 6.45) is -0.423. The van der Waals surface area contributed by atoms with Crippen LogP contribution in [0, 0.1) is 0 Å². The Labute approximate surface area is 132 Å². The minimum absolute atomic E-state index is 0.0848. The first-order chi connectivity index (χ1) is 10.1. The predicted molar refractivity (Wildman–Crippen MR) is 81.7 cm³/mol. The zero-order valence-corrected chi connectivity index (χ0v) is 15.1. The van der Waals surface area contributed by atoms with E-state index in [-0.39, 0.29) is 19.8 Å². The van der Waals surface area contributed by atoms with E-state index >= 15 is 0 Å². The first-order valence-corrected chi connectivity index (χ1v) is 8.98. The van der Waals surface area contributed by atoms with Crippen LogP contribution in [-0.2, 0) is 32.7 Å². The summed E-state index contributed by atoms with van der Waals surface area (Å²) in [7, 11) is -3.81.